The first-order valence-electron chi connectivity index (χ1n) is 19.2. The van der Waals surface area contributed by atoms with E-state index in [0.29, 0.717) is 11.8 Å². The van der Waals surface area contributed by atoms with Crippen LogP contribution in [0.4, 0.5) is 0 Å². The molecule has 0 N–H and O–H groups in total. The Morgan fingerprint density at radius 3 is 1.30 bits per heavy atom. The molecule has 0 fully saturated rings. The van der Waals surface area contributed by atoms with Crippen LogP contribution in [0.3, 0.4) is 0 Å². The summed E-state index contributed by atoms with van der Waals surface area (Å²) in [5, 5.41) is 0. The molecule has 263 valence electrons. The summed E-state index contributed by atoms with van der Waals surface area (Å²) in [4.78, 5) is 0. The van der Waals surface area contributed by atoms with Crippen molar-refractivity contribution >= 4 is 35.1 Å². The number of hydrogen-bond donors (Lipinski definition) is 0. The maximum absolute atomic E-state index is 8.88. The first kappa shape index (κ1) is 37.8. The van der Waals surface area contributed by atoms with E-state index < -0.39 is 21.5 Å². The normalized spacial score (nSPS) is 17.9. The van der Waals surface area contributed by atoms with Crippen molar-refractivity contribution in [1.82, 2.24) is 0 Å². The first-order valence-corrected chi connectivity index (χ1v) is 35.5. The van der Waals surface area contributed by atoms with Gasteiger partial charge in [-0.25, -0.2) is 0 Å². The van der Waals surface area contributed by atoms with Crippen molar-refractivity contribution in [3.63, 3.8) is 0 Å². The van der Waals surface area contributed by atoms with E-state index in [1.165, 1.54) is 77.9 Å². The van der Waals surface area contributed by atoms with Crippen LogP contribution in [0.1, 0.15) is 131 Å². The van der Waals surface area contributed by atoms with Gasteiger partial charge in [0.15, 0.2) is 0 Å². The van der Waals surface area contributed by atoms with Crippen LogP contribution in [0.5, 0.6) is 0 Å². The van der Waals surface area contributed by atoms with Crippen molar-refractivity contribution in [1.29, 1.82) is 0 Å². The van der Waals surface area contributed by atoms with Gasteiger partial charge in [0.05, 0.1) is 0 Å². The third-order valence-electron chi connectivity index (χ3n) is 12.0. The number of allylic oxidation sites excluding steroid dienone is 2. The van der Waals surface area contributed by atoms with Gasteiger partial charge in [0.25, 0.3) is 0 Å². The zero-order valence-electron chi connectivity index (χ0n) is 32.1. The Morgan fingerprint density at radius 1 is 0.600 bits per heavy atom. The molecule has 2 aliphatic carbocycles. The van der Waals surface area contributed by atoms with Crippen molar-refractivity contribution < 1.29 is 15.6 Å². The Kier molecular flexibility index (Phi) is 10.9. The van der Waals surface area contributed by atoms with Gasteiger partial charge in [-0.15, -0.1) is 0 Å². The summed E-state index contributed by atoms with van der Waals surface area (Å²) in [6, 6.07) is 27.6. The fraction of sp³-hybridized carbons (Fsp3) is 0.391. The number of aryl methyl sites for hydroxylation is 2. The summed E-state index contributed by atoms with van der Waals surface area (Å²) in [5.41, 5.74) is 19.4. The number of halogens is 2. The van der Waals surface area contributed by atoms with E-state index in [0.717, 1.165) is 25.7 Å². The minimum atomic E-state index is -4.92. The number of fused-ring (bicyclic) bond motifs is 2. The molecule has 4 aromatic carbocycles. The van der Waals surface area contributed by atoms with Gasteiger partial charge >= 0.3 is 315 Å². The van der Waals surface area contributed by atoms with E-state index in [4.69, 9.17) is 17.0 Å². The van der Waals surface area contributed by atoms with Gasteiger partial charge in [0.1, 0.15) is 0 Å². The molecule has 4 aromatic rings. The number of rotatable bonds is 11. The van der Waals surface area contributed by atoms with Gasteiger partial charge in [-0.1, -0.05) is 0 Å². The van der Waals surface area contributed by atoms with Crippen LogP contribution in [0.2, 0.25) is 13.1 Å². The number of benzene rings is 4. The van der Waals surface area contributed by atoms with Crippen LogP contribution in [0.25, 0.3) is 34.4 Å². The third-order valence-corrected chi connectivity index (χ3v) is 63.9. The summed E-state index contributed by atoms with van der Waals surface area (Å²) in [5.74, 6) is -0.862. The molecule has 0 spiro atoms. The molecule has 4 heteroatoms. The van der Waals surface area contributed by atoms with Crippen LogP contribution >= 0.6 is 17.0 Å². The van der Waals surface area contributed by atoms with Gasteiger partial charge in [0, 0.05) is 0 Å². The quantitative estimate of drug-likeness (QED) is 0.133. The Balaban J connectivity index is 1.68. The summed E-state index contributed by atoms with van der Waals surface area (Å²) in [7, 11) is 17.8. The molecule has 0 aliphatic heterocycles. The Morgan fingerprint density at radius 2 is 0.980 bits per heavy atom. The van der Waals surface area contributed by atoms with E-state index in [-0.39, 0.29) is 7.25 Å². The van der Waals surface area contributed by atoms with Crippen molar-refractivity contribution in [2.45, 2.75) is 113 Å². The molecule has 50 heavy (non-hydrogen) atoms. The van der Waals surface area contributed by atoms with Gasteiger partial charge in [-0.05, 0) is 0 Å². The van der Waals surface area contributed by atoms with Crippen LogP contribution in [0.15, 0.2) is 83.9 Å². The second kappa shape index (κ2) is 14.5. The molecule has 0 aromatic heterocycles. The summed E-state index contributed by atoms with van der Waals surface area (Å²) >= 11 is -4.92. The molecule has 0 nitrogen and oxygen atoms in total. The van der Waals surface area contributed by atoms with Crippen molar-refractivity contribution in [3.8, 4) is 22.3 Å². The molecule has 0 bridgehead atoms. The van der Waals surface area contributed by atoms with Crippen molar-refractivity contribution in [3.05, 3.63) is 128 Å². The summed E-state index contributed by atoms with van der Waals surface area (Å²) < 4.78 is 0.210. The fourth-order valence-corrected chi connectivity index (χ4v) is 41.0. The van der Waals surface area contributed by atoms with Crippen LogP contribution in [-0.2, 0) is 15.6 Å². The molecule has 0 radical (unpaired) electrons. The monoisotopic (exact) mass is 797 g/mol. The molecule has 2 aliphatic rings. The summed E-state index contributed by atoms with van der Waals surface area (Å²) in [6.45, 7) is 23.4. The molecule has 0 heterocycles. The van der Waals surface area contributed by atoms with Crippen LogP contribution in [0, 0.1) is 13.8 Å². The fourth-order valence-electron chi connectivity index (χ4n) is 9.47. The topological polar surface area (TPSA) is 0 Å². The van der Waals surface area contributed by atoms with E-state index in [1.54, 1.807) is 0 Å². The van der Waals surface area contributed by atoms with Gasteiger partial charge in [0.2, 0.25) is 0 Å². The molecule has 2 unspecified atom stereocenters. The molecule has 0 amide bonds. The van der Waals surface area contributed by atoms with E-state index >= 15 is 0 Å². The Labute approximate surface area is 312 Å². The second-order valence-electron chi connectivity index (χ2n) is 16.2. The molecule has 0 saturated carbocycles. The van der Waals surface area contributed by atoms with E-state index in [9.17, 15) is 0 Å². The molecule has 0 saturated heterocycles. The maximum atomic E-state index is 8.88. The molecule has 6 rings (SSSR count). The molecular weight excluding hydrogens is 743 g/mol. The molecular formula is C46H57Cl2SiZr. The van der Waals surface area contributed by atoms with Gasteiger partial charge in [-0.2, -0.15) is 0 Å². The number of hydrogen-bond acceptors (Lipinski definition) is 0. The zero-order valence-corrected chi connectivity index (χ0v) is 37.2. The Bertz CT molecular complexity index is 1860. The Hall–Kier alpha value is -1.96. The average Bonchev–Trinajstić information content (AvgIpc) is 3.64. The zero-order chi connectivity index (χ0) is 36.1. The van der Waals surface area contributed by atoms with Crippen LogP contribution < -0.4 is 0 Å². The van der Waals surface area contributed by atoms with Crippen molar-refractivity contribution in [2.24, 2.45) is 0 Å². The first-order chi connectivity index (χ1) is 23.8. The minimum absolute atomic E-state index is 0.105. The van der Waals surface area contributed by atoms with Crippen molar-refractivity contribution in [2.75, 3.05) is 0 Å². The molecule has 2 atom stereocenters. The van der Waals surface area contributed by atoms with E-state index in [2.05, 4.69) is 153 Å². The van der Waals surface area contributed by atoms with E-state index in [1.807, 2.05) is 0 Å². The average molecular weight is 800 g/mol. The predicted molar refractivity (Wildman–Crippen MR) is 223 cm³/mol. The second-order valence-corrected chi connectivity index (χ2v) is 58.7. The van der Waals surface area contributed by atoms with Gasteiger partial charge < -0.3 is 0 Å². The summed E-state index contributed by atoms with van der Waals surface area (Å²) in [6.07, 6.45) is 9.35. The third kappa shape index (κ3) is 6.07. The SMILES string of the molecule is CCCC1=Cc2c(ccc(C(C)C)c2-c2ccccc2C)[CH]1[Zr]([Cl])([Cl])([CH]1C(CCC)=Cc2c1ccc(C(C)C)c2-c1ccccc1C)[SiH](C)C. The standard InChI is InChI=1S/2C22H25.C2H7Si.2ClH.Zr/c2*1-5-8-17-13-18-11-12-19(15(2)3)22(21(18)14-17)20-10-7-6-9-16(20)4;1-3-2;;;/h2*6-7,9-15H,5,8H2,1-4H3;3H,1-2H3;2*1H;/q;;;;;+2/p-2. The predicted octanol–water partition coefficient (Wildman–Crippen LogP) is 15.0. The van der Waals surface area contributed by atoms with Crippen LogP contribution in [-0.4, -0.2) is 5.92 Å². The van der Waals surface area contributed by atoms with Gasteiger partial charge in [-0.3, -0.25) is 0 Å².